The fourth-order valence-electron chi connectivity index (χ4n) is 8.01. The van der Waals surface area contributed by atoms with Gasteiger partial charge in [-0.1, -0.05) is 26.3 Å². The highest BCUT2D eigenvalue weighted by molar-refractivity contribution is 5.92. The molecule has 0 aliphatic heterocycles. The highest BCUT2D eigenvalue weighted by Gasteiger charge is 2.67. The van der Waals surface area contributed by atoms with Crippen LogP contribution >= 0.6 is 0 Å². The Kier molecular flexibility index (Phi) is 4.84. The van der Waals surface area contributed by atoms with Gasteiger partial charge < -0.3 is 9.84 Å². The van der Waals surface area contributed by atoms with Crippen LogP contribution < -0.4 is 0 Å². The van der Waals surface area contributed by atoms with Gasteiger partial charge in [-0.15, -0.1) is 0 Å². The SMILES string of the molecule is CC(=O)OCC(=O)[C@@]1(O)CCC2C3CCC4=CC(=O)CCC4(C)C3C(C)CC21C. The predicted octanol–water partition coefficient (Wildman–Crippen LogP) is 3.63. The molecule has 7 atom stereocenters. The normalized spacial score (nSPS) is 46.2. The Bertz CT molecular complexity index is 784. The average molecular weight is 403 g/mol. The van der Waals surface area contributed by atoms with Crippen LogP contribution in [0.15, 0.2) is 11.6 Å². The van der Waals surface area contributed by atoms with E-state index in [9.17, 15) is 19.5 Å². The molecule has 0 aromatic carbocycles. The number of ketones is 2. The zero-order valence-electron chi connectivity index (χ0n) is 18.1. The predicted molar refractivity (Wildman–Crippen MR) is 108 cm³/mol. The van der Waals surface area contributed by atoms with E-state index in [2.05, 4.69) is 20.8 Å². The molecule has 0 heterocycles. The standard InChI is InChI=1S/C24H34O5/c1-14-12-23(4)19(8-10-24(23,28)20(27)13-29-15(2)25)18-6-5-16-11-17(26)7-9-22(16,3)21(14)18/h11,14,18-19,21,28H,5-10,12-13H2,1-4H3/t14?,18?,19?,21?,22?,23?,24-/m0/s1. The molecule has 3 saturated carbocycles. The molecular weight excluding hydrogens is 368 g/mol. The number of allylic oxidation sites excluding steroid dienone is 1. The molecule has 0 aromatic heterocycles. The van der Waals surface area contributed by atoms with Crippen LogP contribution in [0.3, 0.4) is 0 Å². The topological polar surface area (TPSA) is 80.7 Å². The van der Waals surface area contributed by atoms with Gasteiger partial charge in [-0.25, -0.2) is 0 Å². The first-order valence-electron chi connectivity index (χ1n) is 11.2. The molecule has 1 N–H and O–H groups in total. The van der Waals surface area contributed by atoms with Crippen molar-refractivity contribution in [1.82, 2.24) is 0 Å². The summed E-state index contributed by atoms with van der Waals surface area (Å²) in [5, 5.41) is 11.6. The van der Waals surface area contributed by atoms with Gasteiger partial charge in [0.1, 0.15) is 5.60 Å². The molecule has 0 aromatic rings. The second-order valence-corrected chi connectivity index (χ2v) is 10.6. The van der Waals surface area contributed by atoms with Crippen LogP contribution in [-0.2, 0) is 19.1 Å². The number of ether oxygens (including phenoxy) is 1. The maximum Gasteiger partial charge on any atom is 0.303 e. The molecule has 5 heteroatoms. The highest BCUT2D eigenvalue weighted by atomic mass is 16.5. The van der Waals surface area contributed by atoms with Crippen molar-refractivity contribution in [3.05, 3.63) is 11.6 Å². The second kappa shape index (κ2) is 6.76. The van der Waals surface area contributed by atoms with E-state index in [1.54, 1.807) is 0 Å². The third-order valence-corrected chi connectivity index (χ3v) is 9.23. The summed E-state index contributed by atoms with van der Waals surface area (Å²) in [6, 6.07) is 0. The molecule has 4 aliphatic rings. The van der Waals surface area contributed by atoms with Crippen molar-refractivity contribution >= 4 is 17.5 Å². The fourth-order valence-corrected chi connectivity index (χ4v) is 8.01. The monoisotopic (exact) mass is 402 g/mol. The number of carbonyl (C=O) groups excluding carboxylic acids is 3. The van der Waals surface area contributed by atoms with Crippen LogP contribution in [0.4, 0.5) is 0 Å². The van der Waals surface area contributed by atoms with Crippen LogP contribution in [-0.4, -0.2) is 34.9 Å². The number of hydrogen-bond donors (Lipinski definition) is 1. The van der Waals surface area contributed by atoms with Gasteiger partial charge >= 0.3 is 5.97 Å². The van der Waals surface area contributed by atoms with Gasteiger partial charge in [0.05, 0.1) is 0 Å². The summed E-state index contributed by atoms with van der Waals surface area (Å²) in [5.74, 6) is 0.990. The van der Waals surface area contributed by atoms with Gasteiger partial charge in [-0.3, -0.25) is 14.4 Å². The van der Waals surface area contributed by atoms with E-state index in [4.69, 9.17) is 4.74 Å². The molecular formula is C24H34O5. The van der Waals surface area contributed by atoms with Crippen molar-refractivity contribution in [1.29, 1.82) is 0 Å². The fraction of sp³-hybridized carbons (Fsp3) is 0.792. The molecule has 3 fully saturated rings. The Hall–Kier alpha value is -1.49. The summed E-state index contributed by atoms with van der Waals surface area (Å²) in [4.78, 5) is 36.2. The van der Waals surface area contributed by atoms with Crippen molar-refractivity contribution in [2.45, 2.75) is 78.2 Å². The molecule has 29 heavy (non-hydrogen) atoms. The lowest BCUT2D eigenvalue weighted by atomic mass is 9.43. The summed E-state index contributed by atoms with van der Waals surface area (Å²) in [5.41, 5.74) is -0.539. The Morgan fingerprint density at radius 3 is 2.62 bits per heavy atom. The van der Waals surface area contributed by atoms with E-state index in [1.807, 2.05) is 6.08 Å². The van der Waals surface area contributed by atoms with Gasteiger partial charge in [0.25, 0.3) is 0 Å². The van der Waals surface area contributed by atoms with Crippen molar-refractivity contribution in [2.24, 2.45) is 34.5 Å². The summed E-state index contributed by atoms with van der Waals surface area (Å²) in [7, 11) is 0. The lowest BCUT2D eigenvalue weighted by Crippen LogP contribution is -2.60. The number of Topliss-reactive ketones (excluding diaryl/α,β-unsaturated/α-hetero) is 1. The van der Waals surface area contributed by atoms with E-state index in [1.165, 1.54) is 12.5 Å². The van der Waals surface area contributed by atoms with Crippen molar-refractivity contribution in [2.75, 3.05) is 6.61 Å². The molecule has 5 nitrogen and oxygen atoms in total. The van der Waals surface area contributed by atoms with Gasteiger partial charge in [-0.05, 0) is 73.7 Å². The number of rotatable bonds is 3. The maximum absolute atomic E-state index is 13.0. The first-order chi connectivity index (χ1) is 13.5. The minimum Gasteiger partial charge on any atom is -0.458 e. The number of aliphatic hydroxyl groups is 1. The smallest absolute Gasteiger partial charge is 0.303 e. The summed E-state index contributed by atoms with van der Waals surface area (Å²) < 4.78 is 4.95. The molecule has 4 aliphatic carbocycles. The van der Waals surface area contributed by atoms with Crippen molar-refractivity contribution in [3.8, 4) is 0 Å². The second-order valence-electron chi connectivity index (χ2n) is 10.6. The number of hydrogen-bond acceptors (Lipinski definition) is 5. The number of esters is 1. The quantitative estimate of drug-likeness (QED) is 0.729. The van der Waals surface area contributed by atoms with Gasteiger partial charge in [0.15, 0.2) is 12.4 Å². The third-order valence-electron chi connectivity index (χ3n) is 9.23. The van der Waals surface area contributed by atoms with Crippen molar-refractivity contribution in [3.63, 3.8) is 0 Å². The van der Waals surface area contributed by atoms with E-state index in [-0.39, 0.29) is 29.5 Å². The zero-order chi connectivity index (χ0) is 21.2. The molecule has 4 rings (SSSR count). The zero-order valence-corrected chi connectivity index (χ0v) is 18.1. The molecule has 0 radical (unpaired) electrons. The third kappa shape index (κ3) is 2.87. The van der Waals surface area contributed by atoms with Crippen molar-refractivity contribution < 1.29 is 24.2 Å². The van der Waals surface area contributed by atoms with Gasteiger partial charge in [0.2, 0.25) is 5.78 Å². The Labute approximate surface area is 173 Å². The molecule has 0 bridgehead atoms. The minimum absolute atomic E-state index is 0.0556. The summed E-state index contributed by atoms with van der Waals surface area (Å²) in [6.07, 6.45) is 7.50. The van der Waals surface area contributed by atoms with E-state index in [0.29, 0.717) is 30.6 Å². The maximum atomic E-state index is 13.0. The highest BCUT2D eigenvalue weighted by Crippen LogP contribution is 2.69. The lowest BCUT2D eigenvalue weighted by molar-refractivity contribution is -0.174. The Morgan fingerprint density at radius 2 is 1.93 bits per heavy atom. The first kappa shape index (κ1) is 20.8. The molecule has 6 unspecified atom stereocenters. The summed E-state index contributed by atoms with van der Waals surface area (Å²) >= 11 is 0. The Morgan fingerprint density at radius 1 is 1.21 bits per heavy atom. The van der Waals surface area contributed by atoms with Crippen LogP contribution in [0.5, 0.6) is 0 Å². The molecule has 0 amide bonds. The molecule has 160 valence electrons. The van der Waals surface area contributed by atoms with Crippen LogP contribution in [0.25, 0.3) is 0 Å². The Balaban J connectivity index is 1.65. The van der Waals surface area contributed by atoms with Gasteiger partial charge in [-0.2, -0.15) is 0 Å². The van der Waals surface area contributed by atoms with Crippen LogP contribution in [0.1, 0.15) is 72.6 Å². The van der Waals surface area contributed by atoms with Crippen LogP contribution in [0.2, 0.25) is 0 Å². The number of fused-ring (bicyclic) bond motifs is 5. The van der Waals surface area contributed by atoms with E-state index in [0.717, 1.165) is 32.1 Å². The minimum atomic E-state index is -1.42. The largest absolute Gasteiger partial charge is 0.458 e. The summed E-state index contributed by atoms with van der Waals surface area (Å²) in [6.45, 7) is 7.63. The average Bonchev–Trinajstić information content (AvgIpc) is 2.91. The van der Waals surface area contributed by atoms with E-state index < -0.39 is 17.0 Å². The van der Waals surface area contributed by atoms with E-state index >= 15 is 0 Å². The molecule has 0 spiro atoms. The lowest BCUT2D eigenvalue weighted by Gasteiger charge is -2.61. The van der Waals surface area contributed by atoms with Crippen LogP contribution in [0, 0.1) is 34.5 Å². The number of carbonyl (C=O) groups is 3. The molecule has 0 saturated heterocycles. The van der Waals surface area contributed by atoms with Gasteiger partial charge in [0, 0.05) is 18.8 Å². The first-order valence-corrected chi connectivity index (χ1v) is 11.2.